The van der Waals surface area contributed by atoms with Gasteiger partial charge in [-0.1, -0.05) is 31.5 Å². The molecule has 0 N–H and O–H groups in total. The lowest BCUT2D eigenvalue weighted by molar-refractivity contribution is -0.384. The number of nitro groups is 1. The van der Waals surface area contributed by atoms with E-state index in [1.165, 1.54) is 10.7 Å². The normalized spacial score (nSPS) is 11.6. The van der Waals surface area contributed by atoms with Crippen LogP contribution in [0.25, 0.3) is 5.69 Å². The van der Waals surface area contributed by atoms with Gasteiger partial charge >= 0.3 is 10.1 Å². The molecule has 28 heavy (non-hydrogen) atoms. The zero-order chi connectivity index (χ0) is 20.5. The minimum absolute atomic E-state index is 0.00989. The molecule has 8 nitrogen and oxygen atoms in total. The first-order chi connectivity index (χ1) is 13.2. The number of aromatic nitrogens is 2. The Hall–Kier alpha value is -2.91. The van der Waals surface area contributed by atoms with Crippen molar-refractivity contribution in [1.29, 1.82) is 0 Å². The summed E-state index contributed by atoms with van der Waals surface area (Å²) < 4.78 is 32.0. The van der Waals surface area contributed by atoms with Crippen LogP contribution >= 0.6 is 11.6 Å². The van der Waals surface area contributed by atoms with Crippen LogP contribution in [0.4, 0.5) is 5.69 Å². The Balaban J connectivity index is 2.02. The monoisotopic (exact) mass is 421 g/mol. The highest BCUT2D eigenvalue weighted by molar-refractivity contribution is 7.87. The fraction of sp³-hybridized carbons (Fsp3) is 0.167. The Kier molecular flexibility index (Phi) is 5.39. The number of rotatable bonds is 6. The zero-order valence-electron chi connectivity index (χ0n) is 14.9. The van der Waals surface area contributed by atoms with Crippen LogP contribution < -0.4 is 4.18 Å². The maximum Gasteiger partial charge on any atom is 0.340 e. The molecule has 0 unspecified atom stereocenters. The van der Waals surface area contributed by atoms with Gasteiger partial charge in [0, 0.05) is 23.2 Å². The van der Waals surface area contributed by atoms with Crippen molar-refractivity contribution < 1.29 is 17.5 Å². The summed E-state index contributed by atoms with van der Waals surface area (Å²) in [6.07, 6.45) is 0. The molecule has 0 atom stereocenters. The van der Waals surface area contributed by atoms with Gasteiger partial charge < -0.3 is 4.18 Å². The molecule has 0 aliphatic rings. The van der Waals surface area contributed by atoms with Crippen molar-refractivity contribution in [2.24, 2.45) is 0 Å². The third-order valence-corrected chi connectivity index (χ3v) is 5.35. The van der Waals surface area contributed by atoms with Gasteiger partial charge in [-0.3, -0.25) is 10.1 Å². The molecular formula is C18H16ClN3O5S. The van der Waals surface area contributed by atoms with E-state index in [1.807, 2.05) is 13.8 Å². The quantitative estimate of drug-likeness (QED) is 0.333. The number of hydrogen-bond donors (Lipinski definition) is 0. The molecule has 0 aliphatic carbocycles. The largest absolute Gasteiger partial charge is 0.358 e. The molecule has 0 aliphatic heterocycles. The molecule has 0 radical (unpaired) electrons. The lowest BCUT2D eigenvalue weighted by Gasteiger charge is -2.09. The van der Waals surface area contributed by atoms with Crippen molar-refractivity contribution in [2.45, 2.75) is 24.7 Å². The zero-order valence-corrected chi connectivity index (χ0v) is 16.5. The molecule has 0 spiro atoms. The molecule has 10 heteroatoms. The summed E-state index contributed by atoms with van der Waals surface area (Å²) in [4.78, 5) is 9.93. The van der Waals surface area contributed by atoms with Crippen LogP contribution in [0.5, 0.6) is 5.88 Å². The molecule has 0 fully saturated rings. The van der Waals surface area contributed by atoms with Crippen LogP contribution in [0.1, 0.15) is 25.5 Å². The van der Waals surface area contributed by atoms with Crippen molar-refractivity contribution in [3.8, 4) is 11.6 Å². The van der Waals surface area contributed by atoms with Gasteiger partial charge in [-0.15, -0.1) is 0 Å². The summed E-state index contributed by atoms with van der Waals surface area (Å²) in [5.74, 6) is 0.0224. The Bertz CT molecular complexity index is 1120. The van der Waals surface area contributed by atoms with Crippen molar-refractivity contribution in [1.82, 2.24) is 9.78 Å². The second-order valence-electron chi connectivity index (χ2n) is 6.24. The second kappa shape index (κ2) is 7.61. The van der Waals surface area contributed by atoms with E-state index < -0.39 is 15.0 Å². The number of hydrogen-bond acceptors (Lipinski definition) is 6. The van der Waals surface area contributed by atoms with E-state index in [9.17, 15) is 18.5 Å². The predicted molar refractivity (Wildman–Crippen MR) is 104 cm³/mol. The molecule has 3 aromatic rings. The molecule has 0 bridgehead atoms. The highest BCUT2D eigenvalue weighted by Gasteiger charge is 2.23. The minimum atomic E-state index is -4.23. The molecule has 146 valence electrons. The smallest absolute Gasteiger partial charge is 0.340 e. The Morgan fingerprint density at radius 3 is 2.39 bits per heavy atom. The third kappa shape index (κ3) is 4.15. The molecule has 0 saturated heterocycles. The van der Waals surface area contributed by atoms with E-state index in [1.54, 1.807) is 24.3 Å². The average Bonchev–Trinajstić information content (AvgIpc) is 3.05. The molecule has 0 amide bonds. The summed E-state index contributed by atoms with van der Waals surface area (Å²) >= 11 is 6.03. The summed E-state index contributed by atoms with van der Waals surface area (Å²) in [6.45, 7) is 3.83. The number of non-ortho nitro benzene ring substituents is 1. The van der Waals surface area contributed by atoms with Crippen LogP contribution in [0.2, 0.25) is 5.02 Å². The fourth-order valence-corrected chi connectivity index (χ4v) is 3.50. The Morgan fingerprint density at radius 2 is 1.82 bits per heavy atom. The average molecular weight is 422 g/mol. The summed E-state index contributed by atoms with van der Waals surface area (Å²) in [5, 5.41) is 15.6. The summed E-state index contributed by atoms with van der Waals surface area (Å²) in [5.41, 5.74) is 0.951. The lowest BCUT2D eigenvalue weighted by Crippen LogP contribution is -2.12. The van der Waals surface area contributed by atoms with Crippen LogP contribution in [0, 0.1) is 10.1 Å². The van der Waals surface area contributed by atoms with E-state index in [4.69, 9.17) is 15.8 Å². The van der Waals surface area contributed by atoms with Crippen molar-refractivity contribution in [2.75, 3.05) is 0 Å². The van der Waals surface area contributed by atoms with Crippen LogP contribution in [-0.2, 0) is 10.1 Å². The van der Waals surface area contributed by atoms with E-state index in [-0.39, 0.29) is 22.4 Å². The maximum absolute atomic E-state index is 12.7. The Morgan fingerprint density at radius 1 is 1.14 bits per heavy atom. The highest BCUT2D eigenvalue weighted by Crippen LogP contribution is 2.28. The second-order valence-corrected chi connectivity index (χ2v) is 8.23. The molecule has 2 aromatic carbocycles. The number of nitro benzene ring substituents is 1. The van der Waals surface area contributed by atoms with Crippen LogP contribution in [-0.4, -0.2) is 23.1 Å². The number of halogens is 1. The number of benzene rings is 2. The van der Waals surface area contributed by atoms with Crippen molar-refractivity contribution >= 4 is 27.4 Å². The third-order valence-electron chi connectivity index (χ3n) is 3.87. The van der Waals surface area contributed by atoms with E-state index in [0.29, 0.717) is 16.4 Å². The van der Waals surface area contributed by atoms with Crippen molar-refractivity contribution in [3.63, 3.8) is 0 Å². The molecule has 1 aromatic heterocycles. The summed E-state index contributed by atoms with van der Waals surface area (Å²) in [6, 6.07) is 12.7. The highest BCUT2D eigenvalue weighted by atomic mass is 35.5. The standard InChI is InChI=1S/C18H16ClN3O5S/c1-12(2)17-11-18(21(20-17)15-5-3-4-13(19)10-15)27-28(25,26)16-8-6-14(7-9-16)22(23)24/h3-12H,1-2H3. The summed E-state index contributed by atoms with van der Waals surface area (Å²) in [7, 11) is -4.23. The van der Waals surface area contributed by atoms with Gasteiger partial charge in [-0.05, 0) is 36.2 Å². The predicted octanol–water partition coefficient (Wildman–Crippen LogP) is 4.33. The van der Waals surface area contributed by atoms with Gasteiger partial charge in [-0.25, -0.2) is 0 Å². The van der Waals surface area contributed by atoms with Crippen LogP contribution in [0.15, 0.2) is 59.5 Å². The van der Waals surface area contributed by atoms with E-state index >= 15 is 0 Å². The molecule has 0 saturated carbocycles. The van der Waals surface area contributed by atoms with Crippen molar-refractivity contribution in [3.05, 3.63) is 75.4 Å². The lowest BCUT2D eigenvalue weighted by atomic mass is 10.1. The molecular weight excluding hydrogens is 406 g/mol. The first-order valence-electron chi connectivity index (χ1n) is 8.22. The van der Waals surface area contributed by atoms with Gasteiger partial charge in [0.05, 0.1) is 16.3 Å². The first-order valence-corrected chi connectivity index (χ1v) is 10.0. The maximum atomic E-state index is 12.7. The van der Waals surface area contributed by atoms with E-state index in [2.05, 4.69) is 5.10 Å². The van der Waals surface area contributed by atoms with Crippen LogP contribution in [0.3, 0.4) is 0 Å². The first kappa shape index (κ1) is 19.8. The van der Waals surface area contributed by atoms with Gasteiger partial charge in [0.2, 0.25) is 5.88 Å². The van der Waals surface area contributed by atoms with Gasteiger partial charge in [0.25, 0.3) is 5.69 Å². The Labute approximate surface area is 166 Å². The number of nitrogens with zero attached hydrogens (tertiary/aromatic N) is 3. The molecule has 1 heterocycles. The minimum Gasteiger partial charge on any atom is -0.358 e. The van der Waals surface area contributed by atoms with Gasteiger partial charge in [-0.2, -0.15) is 18.2 Å². The molecule has 3 rings (SSSR count). The van der Waals surface area contributed by atoms with Gasteiger partial charge in [0.15, 0.2) is 0 Å². The van der Waals surface area contributed by atoms with Gasteiger partial charge in [0.1, 0.15) is 4.90 Å². The SMILES string of the molecule is CC(C)c1cc(OS(=O)(=O)c2ccc([N+](=O)[O-])cc2)n(-c2cccc(Cl)c2)n1. The fourth-order valence-electron chi connectivity index (χ4n) is 2.41. The topological polar surface area (TPSA) is 104 Å². The van der Waals surface area contributed by atoms with E-state index in [0.717, 1.165) is 24.3 Å².